The fourth-order valence-electron chi connectivity index (χ4n) is 4.17. The lowest BCUT2D eigenvalue weighted by Gasteiger charge is -2.32. The van der Waals surface area contributed by atoms with Crippen LogP contribution in [0.5, 0.6) is 0 Å². The highest BCUT2D eigenvalue weighted by Gasteiger charge is 2.33. The summed E-state index contributed by atoms with van der Waals surface area (Å²) in [6, 6.07) is 17.5. The molecule has 0 aliphatic rings. The Labute approximate surface area is 247 Å². The topological polar surface area (TPSA) is 86.8 Å². The van der Waals surface area contributed by atoms with Crippen LogP contribution in [0.2, 0.25) is 10.0 Å². The molecular weight excluding hydrogens is 569 g/mol. The number of amides is 2. The molecule has 0 bridgehead atoms. The van der Waals surface area contributed by atoms with Crippen LogP contribution in [0.15, 0.2) is 71.6 Å². The highest BCUT2D eigenvalue weighted by molar-refractivity contribution is 7.92. The molecule has 0 saturated heterocycles. The fourth-order valence-corrected chi connectivity index (χ4v) is 5.99. The third-order valence-corrected chi connectivity index (χ3v) is 9.09. The van der Waals surface area contributed by atoms with Crippen LogP contribution in [0.4, 0.5) is 5.69 Å². The molecule has 0 aromatic heterocycles. The molecule has 0 radical (unpaired) electrons. The van der Waals surface area contributed by atoms with Crippen molar-refractivity contribution in [3.8, 4) is 0 Å². The first-order valence-corrected chi connectivity index (χ1v) is 15.3. The molecule has 2 amide bonds. The summed E-state index contributed by atoms with van der Waals surface area (Å²) in [5.74, 6) is -0.865. The molecule has 1 N–H and O–H groups in total. The van der Waals surface area contributed by atoms with Gasteiger partial charge in [-0.15, -0.1) is 0 Å². The van der Waals surface area contributed by atoms with E-state index in [4.69, 9.17) is 23.2 Å². The molecule has 0 aliphatic heterocycles. The van der Waals surface area contributed by atoms with Gasteiger partial charge in [0.05, 0.1) is 20.6 Å². The quantitative estimate of drug-likeness (QED) is 0.252. The van der Waals surface area contributed by atoms with E-state index in [2.05, 4.69) is 5.32 Å². The first-order chi connectivity index (χ1) is 18.9. The molecule has 3 aromatic carbocycles. The number of hydrogen-bond acceptors (Lipinski definition) is 4. The zero-order valence-corrected chi connectivity index (χ0v) is 25.5. The molecule has 7 nitrogen and oxygen atoms in total. The van der Waals surface area contributed by atoms with Gasteiger partial charge in [0.2, 0.25) is 11.8 Å². The van der Waals surface area contributed by atoms with Gasteiger partial charge in [0.25, 0.3) is 10.0 Å². The lowest BCUT2D eigenvalue weighted by atomic mass is 10.1. The van der Waals surface area contributed by atoms with Gasteiger partial charge in [-0.05, 0) is 74.2 Å². The number of carbonyl (C=O) groups is 2. The monoisotopic (exact) mass is 603 g/mol. The number of sulfonamides is 1. The average molecular weight is 605 g/mol. The van der Waals surface area contributed by atoms with Gasteiger partial charge in [-0.1, -0.05) is 72.9 Å². The molecule has 3 aromatic rings. The zero-order chi connectivity index (χ0) is 29.4. The van der Waals surface area contributed by atoms with Gasteiger partial charge in [0.15, 0.2) is 0 Å². The number of aryl methyl sites for hydroxylation is 2. The van der Waals surface area contributed by atoms with E-state index in [-0.39, 0.29) is 17.3 Å². The van der Waals surface area contributed by atoms with Crippen molar-refractivity contribution in [2.45, 2.75) is 58.0 Å². The fraction of sp³-hybridized carbons (Fsp3) is 0.333. The Morgan fingerprint density at radius 3 is 2.30 bits per heavy atom. The maximum Gasteiger partial charge on any atom is 0.264 e. The number of anilines is 1. The van der Waals surface area contributed by atoms with Crippen molar-refractivity contribution in [1.29, 1.82) is 0 Å². The predicted octanol–water partition coefficient (Wildman–Crippen LogP) is 6.14. The van der Waals surface area contributed by atoms with Crippen LogP contribution in [0.1, 0.15) is 43.4 Å². The molecule has 0 spiro atoms. The second-order valence-corrected chi connectivity index (χ2v) is 12.4. The normalized spacial score (nSPS) is 12.1. The summed E-state index contributed by atoms with van der Waals surface area (Å²) in [7, 11) is -4.12. The molecular formula is C30H35Cl2N3O4S. The minimum atomic E-state index is -4.12. The average Bonchev–Trinajstić information content (AvgIpc) is 2.93. The molecule has 0 heterocycles. The SMILES string of the molecule is CCCCNC(=O)[C@H](C)N(Cc1ccc(Cl)c(Cl)c1)C(=O)CN(c1cc(C)ccc1C)S(=O)(=O)c1ccccc1. The van der Waals surface area contributed by atoms with Crippen LogP contribution in [0.3, 0.4) is 0 Å². The van der Waals surface area contributed by atoms with E-state index < -0.39 is 28.5 Å². The first kappa shape index (κ1) is 31.5. The second-order valence-electron chi connectivity index (χ2n) is 9.71. The molecule has 1 atom stereocenters. The van der Waals surface area contributed by atoms with E-state index >= 15 is 0 Å². The molecule has 3 rings (SSSR count). The van der Waals surface area contributed by atoms with Crippen LogP contribution in [-0.2, 0) is 26.2 Å². The molecule has 0 unspecified atom stereocenters. The highest BCUT2D eigenvalue weighted by atomic mass is 35.5. The number of carbonyl (C=O) groups excluding carboxylic acids is 2. The third-order valence-electron chi connectivity index (χ3n) is 6.58. The summed E-state index contributed by atoms with van der Waals surface area (Å²) in [4.78, 5) is 28.5. The summed E-state index contributed by atoms with van der Waals surface area (Å²) in [5.41, 5.74) is 2.59. The Balaban J connectivity index is 2.04. The van der Waals surface area contributed by atoms with Crippen molar-refractivity contribution >= 4 is 50.7 Å². The molecule has 214 valence electrons. The number of unbranched alkanes of at least 4 members (excludes halogenated alkanes) is 1. The number of rotatable bonds is 12. The van der Waals surface area contributed by atoms with E-state index in [1.54, 1.807) is 56.3 Å². The van der Waals surface area contributed by atoms with E-state index in [1.807, 2.05) is 26.0 Å². The Kier molecular flexibility index (Phi) is 11.0. The van der Waals surface area contributed by atoms with Crippen molar-refractivity contribution in [3.63, 3.8) is 0 Å². The van der Waals surface area contributed by atoms with Crippen molar-refractivity contribution in [3.05, 3.63) is 93.5 Å². The van der Waals surface area contributed by atoms with Crippen LogP contribution in [0, 0.1) is 13.8 Å². The first-order valence-electron chi connectivity index (χ1n) is 13.1. The van der Waals surface area contributed by atoms with Crippen molar-refractivity contribution in [1.82, 2.24) is 10.2 Å². The smallest absolute Gasteiger partial charge is 0.264 e. The van der Waals surface area contributed by atoms with E-state index in [9.17, 15) is 18.0 Å². The summed E-state index contributed by atoms with van der Waals surface area (Å²) in [6.07, 6.45) is 1.71. The standard InChI is InChI=1S/C30H35Cl2N3O4S/c1-5-6-16-33-30(37)23(4)34(19-24-14-15-26(31)27(32)18-24)29(36)20-35(28-17-21(2)12-13-22(28)3)40(38,39)25-10-8-7-9-11-25/h7-15,17-18,23H,5-6,16,19-20H2,1-4H3,(H,33,37)/t23-/m0/s1. The Bertz CT molecular complexity index is 1450. The number of benzene rings is 3. The second kappa shape index (κ2) is 14.0. The Morgan fingerprint density at radius 1 is 0.950 bits per heavy atom. The number of halogens is 2. The van der Waals surface area contributed by atoms with Gasteiger partial charge in [0.1, 0.15) is 12.6 Å². The van der Waals surface area contributed by atoms with Crippen LogP contribution >= 0.6 is 23.2 Å². The largest absolute Gasteiger partial charge is 0.354 e. The number of hydrogen-bond donors (Lipinski definition) is 1. The van der Waals surface area contributed by atoms with Gasteiger partial charge >= 0.3 is 0 Å². The number of nitrogens with one attached hydrogen (secondary N) is 1. The van der Waals surface area contributed by atoms with Crippen molar-refractivity contribution in [2.75, 3.05) is 17.4 Å². The molecule has 10 heteroatoms. The lowest BCUT2D eigenvalue weighted by molar-refractivity contribution is -0.139. The van der Waals surface area contributed by atoms with Gasteiger partial charge in [-0.3, -0.25) is 13.9 Å². The van der Waals surface area contributed by atoms with Gasteiger partial charge in [-0.25, -0.2) is 8.42 Å². The molecule has 0 fully saturated rings. The molecule has 40 heavy (non-hydrogen) atoms. The van der Waals surface area contributed by atoms with Crippen LogP contribution in [-0.4, -0.2) is 44.3 Å². The Morgan fingerprint density at radius 2 is 1.65 bits per heavy atom. The van der Waals surface area contributed by atoms with Crippen LogP contribution in [0.25, 0.3) is 0 Å². The third kappa shape index (κ3) is 7.77. The maximum absolute atomic E-state index is 14.0. The Hall–Kier alpha value is -3.07. The zero-order valence-electron chi connectivity index (χ0n) is 23.2. The van der Waals surface area contributed by atoms with Gasteiger partial charge in [0, 0.05) is 13.1 Å². The summed E-state index contributed by atoms with van der Waals surface area (Å²) < 4.78 is 29.0. The molecule has 0 saturated carbocycles. The van der Waals surface area contributed by atoms with Crippen molar-refractivity contribution in [2.24, 2.45) is 0 Å². The minimum absolute atomic E-state index is 0.0319. The highest BCUT2D eigenvalue weighted by Crippen LogP contribution is 2.29. The maximum atomic E-state index is 14.0. The summed E-state index contributed by atoms with van der Waals surface area (Å²) >= 11 is 12.3. The number of nitrogens with zero attached hydrogens (tertiary/aromatic N) is 2. The lowest BCUT2D eigenvalue weighted by Crippen LogP contribution is -2.51. The minimum Gasteiger partial charge on any atom is -0.354 e. The van der Waals surface area contributed by atoms with Gasteiger partial charge in [-0.2, -0.15) is 0 Å². The van der Waals surface area contributed by atoms with Gasteiger partial charge < -0.3 is 10.2 Å². The summed E-state index contributed by atoms with van der Waals surface area (Å²) in [5, 5.41) is 3.55. The van der Waals surface area contributed by atoms with E-state index in [0.717, 1.165) is 22.7 Å². The summed E-state index contributed by atoms with van der Waals surface area (Å²) in [6.45, 7) is 7.31. The molecule has 0 aliphatic carbocycles. The van der Waals surface area contributed by atoms with Crippen molar-refractivity contribution < 1.29 is 18.0 Å². The van der Waals surface area contributed by atoms with E-state index in [1.165, 1.54) is 17.0 Å². The van der Waals surface area contributed by atoms with Crippen LogP contribution < -0.4 is 9.62 Å². The van der Waals surface area contributed by atoms with E-state index in [0.29, 0.717) is 33.4 Å². The predicted molar refractivity (Wildman–Crippen MR) is 161 cm³/mol.